The Morgan fingerprint density at radius 1 is 1.24 bits per heavy atom. The van der Waals surface area contributed by atoms with E-state index in [0.717, 1.165) is 0 Å². The van der Waals surface area contributed by atoms with Crippen molar-refractivity contribution < 1.29 is 13.2 Å². The molecule has 8 heteroatoms. The molecule has 0 saturated heterocycles. The van der Waals surface area contributed by atoms with Crippen LogP contribution in [0, 0.1) is 3.57 Å². The van der Waals surface area contributed by atoms with Crippen molar-refractivity contribution in [2.45, 2.75) is 4.90 Å². The van der Waals surface area contributed by atoms with E-state index in [1.807, 2.05) is 22.6 Å². The predicted molar refractivity (Wildman–Crippen MR) is 92.4 cm³/mol. The molecule has 0 heterocycles. The van der Waals surface area contributed by atoms with Crippen LogP contribution in [0.1, 0.15) is 0 Å². The minimum absolute atomic E-state index is 0.0178. The largest absolute Gasteiger partial charge is 0.495 e. The van der Waals surface area contributed by atoms with Crippen LogP contribution in [0.5, 0.6) is 5.75 Å². The lowest BCUT2D eigenvalue weighted by Gasteiger charge is -2.13. The number of ether oxygens (including phenoxy) is 1. The number of hydrogen-bond acceptors (Lipinski definition) is 4. The van der Waals surface area contributed by atoms with Crippen molar-refractivity contribution in [1.29, 1.82) is 0 Å². The normalized spacial score (nSPS) is 11.2. The summed E-state index contributed by atoms with van der Waals surface area (Å²) in [7, 11) is -2.42. The summed E-state index contributed by atoms with van der Waals surface area (Å²) in [5, 5.41) is 0.531. The van der Waals surface area contributed by atoms with Gasteiger partial charge < -0.3 is 10.5 Å². The quantitative estimate of drug-likeness (QED) is 0.567. The average molecular weight is 439 g/mol. The third-order valence-corrected chi connectivity index (χ3v) is 5.17. The fourth-order valence-corrected chi connectivity index (χ4v) is 4.15. The first-order chi connectivity index (χ1) is 9.83. The molecule has 0 fully saturated rings. The van der Waals surface area contributed by atoms with E-state index in [4.69, 9.17) is 22.1 Å². The number of halogens is 2. The molecular formula is C13H12ClIN2O3S. The molecule has 0 radical (unpaired) electrons. The lowest BCUT2D eigenvalue weighted by molar-refractivity contribution is 0.403. The first kappa shape index (κ1) is 16.2. The highest BCUT2D eigenvalue weighted by molar-refractivity contribution is 14.1. The Morgan fingerprint density at radius 2 is 1.95 bits per heavy atom. The van der Waals surface area contributed by atoms with Gasteiger partial charge in [-0.05, 0) is 59.0 Å². The van der Waals surface area contributed by atoms with Gasteiger partial charge in [0.25, 0.3) is 10.0 Å². The Kier molecular flexibility index (Phi) is 4.84. The number of nitrogens with two attached hydrogens (primary N) is 1. The standard InChI is InChI=1S/C13H12ClIN2O3S/c1-20-12-5-3-9(16)7-13(12)21(18,19)17-11-4-2-8(14)6-10(11)15/h2-7,17H,16H2,1H3. The second-order valence-corrected chi connectivity index (χ2v) is 7.39. The number of benzene rings is 2. The first-order valence-electron chi connectivity index (χ1n) is 5.75. The highest BCUT2D eigenvalue weighted by atomic mass is 127. The minimum atomic E-state index is -3.82. The molecule has 2 aromatic rings. The van der Waals surface area contributed by atoms with Crippen LogP contribution >= 0.6 is 34.2 Å². The van der Waals surface area contributed by atoms with Gasteiger partial charge in [0.15, 0.2) is 0 Å². The van der Waals surface area contributed by atoms with Crippen molar-refractivity contribution in [1.82, 2.24) is 0 Å². The van der Waals surface area contributed by atoms with Gasteiger partial charge in [-0.3, -0.25) is 4.72 Å². The Bertz CT molecular complexity index is 781. The summed E-state index contributed by atoms with van der Waals surface area (Å²) in [6, 6.07) is 9.31. The lowest BCUT2D eigenvalue weighted by atomic mass is 10.3. The van der Waals surface area contributed by atoms with Gasteiger partial charge in [0.1, 0.15) is 10.6 Å². The summed E-state index contributed by atoms with van der Waals surface area (Å²) < 4.78 is 33.2. The number of hydrogen-bond donors (Lipinski definition) is 2. The van der Waals surface area contributed by atoms with Crippen molar-refractivity contribution in [3.63, 3.8) is 0 Å². The Balaban J connectivity index is 2.45. The topological polar surface area (TPSA) is 81.4 Å². The van der Waals surface area contributed by atoms with Gasteiger partial charge in [-0.15, -0.1) is 0 Å². The minimum Gasteiger partial charge on any atom is -0.495 e. The van der Waals surface area contributed by atoms with Crippen LogP contribution < -0.4 is 15.2 Å². The fourth-order valence-electron chi connectivity index (χ4n) is 1.68. The molecule has 2 aromatic carbocycles. The maximum absolute atomic E-state index is 12.5. The molecule has 0 bridgehead atoms. The number of anilines is 2. The molecule has 0 aliphatic rings. The molecule has 21 heavy (non-hydrogen) atoms. The Morgan fingerprint density at radius 3 is 2.57 bits per heavy atom. The SMILES string of the molecule is COc1ccc(N)cc1S(=O)(=O)Nc1ccc(Cl)cc1I. The van der Waals surface area contributed by atoms with E-state index in [-0.39, 0.29) is 10.6 Å². The summed E-state index contributed by atoms with van der Waals surface area (Å²) in [5.74, 6) is 0.223. The number of rotatable bonds is 4. The van der Waals surface area contributed by atoms with Crippen LogP contribution in [0.2, 0.25) is 5.02 Å². The first-order valence-corrected chi connectivity index (χ1v) is 8.69. The molecule has 5 nitrogen and oxygen atoms in total. The molecule has 2 rings (SSSR count). The van der Waals surface area contributed by atoms with Crippen molar-refractivity contribution in [2.75, 3.05) is 17.6 Å². The average Bonchev–Trinajstić information content (AvgIpc) is 2.42. The van der Waals surface area contributed by atoms with Crippen LogP contribution in [0.4, 0.5) is 11.4 Å². The highest BCUT2D eigenvalue weighted by Crippen LogP contribution is 2.30. The number of sulfonamides is 1. The smallest absolute Gasteiger partial charge is 0.265 e. The van der Waals surface area contributed by atoms with E-state index in [2.05, 4.69) is 4.72 Å². The molecule has 0 saturated carbocycles. The lowest BCUT2D eigenvalue weighted by Crippen LogP contribution is -2.15. The summed E-state index contributed by atoms with van der Waals surface area (Å²) in [4.78, 5) is -0.0178. The zero-order valence-corrected chi connectivity index (χ0v) is 14.7. The molecule has 0 spiro atoms. The van der Waals surface area contributed by atoms with E-state index in [1.165, 1.54) is 19.2 Å². The molecule has 0 aliphatic heterocycles. The Labute approximate surface area is 141 Å². The Hall–Kier alpha value is -1.19. The molecule has 0 atom stereocenters. The zero-order chi connectivity index (χ0) is 15.6. The van der Waals surface area contributed by atoms with Gasteiger partial charge in [-0.25, -0.2) is 8.42 Å². The van der Waals surface area contributed by atoms with Crippen LogP contribution in [0.25, 0.3) is 0 Å². The van der Waals surface area contributed by atoms with Crippen LogP contribution in [0.15, 0.2) is 41.3 Å². The van der Waals surface area contributed by atoms with Crippen molar-refractivity contribution >= 4 is 55.6 Å². The summed E-state index contributed by atoms with van der Waals surface area (Å²) in [6.45, 7) is 0. The fraction of sp³-hybridized carbons (Fsp3) is 0.0769. The number of nitrogens with one attached hydrogen (secondary N) is 1. The van der Waals surface area contributed by atoms with Crippen LogP contribution in [0.3, 0.4) is 0 Å². The van der Waals surface area contributed by atoms with Gasteiger partial charge in [0, 0.05) is 14.3 Å². The molecule has 0 amide bonds. The third kappa shape index (κ3) is 3.72. The van der Waals surface area contributed by atoms with Crippen LogP contribution in [-0.4, -0.2) is 15.5 Å². The van der Waals surface area contributed by atoms with Crippen molar-refractivity contribution in [3.8, 4) is 5.75 Å². The van der Waals surface area contributed by atoms with Gasteiger partial charge in [0.2, 0.25) is 0 Å². The summed E-state index contributed by atoms with van der Waals surface area (Å²) in [6.07, 6.45) is 0. The van der Waals surface area contributed by atoms with Crippen molar-refractivity contribution in [2.24, 2.45) is 0 Å². The molecular weight excluding hydrogens is 427 g/mol. The van der Waals surface area contributed by atoms with E-state index in [9.17, 15) is 8.42 Å². The van der Waals surface area contributed by atoms with Crippen LogP contribution in [-0.2, 0) is 10.0 Å². The molecule has 3 N–H and O–H groups in total. The van der Waals surface area contributed by atoms with Gasteiger partial charge in [0.05, 0.1) is 12.8 Å². The van der Waals surface area contributed by atoms with E-state index < -0.39 is 10.0 Å². The summed E-state index contributed by atoms with van der Waals surface area (Å²) in [5.41, 5.74) is 6.43. The molecule has 112 valence electrons. The van der Waals surface area contributed by atoms with E-state index in [1.54, 1.807) is 24.3 Å². The molecule has 0 unspecified atom stereocenters. The summed E-state index contributed by atoms with van der Waals surface area (Å²) >= 11 is 7.86. The third-order valence-electron chi connectivity index (χ3n) is 2.65. The zero-order valence-electron chi connectivity index (χ0n) is 10.9. The predicted octanol–water partition coefficient (Wildman–Crippen LogP) is 3.34. The van der Waals surface area contributed by atoms with Gasteiger partial charge >= 0.3 is 0 Å². The molecule has 0 aliphatic carbocycles. The second-order valence-electron chi connectivity index (χ2n) is 4.14. The monoisotopic (exact) mass is 438 g/mol. The van der Waals surface area contributed by atoms with Crippen molar-refractivity contribution in [3.05, 3.63) is 45.0 Å². The maximum Gasteiger partial charge on any atom is 0.265 e. The number of nitrogen functional groups attached to an aromatic ring is 1. The maximum atomic E-state index is 12.5. The highest BCUT2D eigenvalue weighted by Gasteiger charge is 2.21. The van der Waals surface area contributed by atoms with Gasteiger partial charge in [-0.1, -0.05) is 11.6 Å². The van der Waals surface area contributed by atoms with Gasteiger partial charge in [-0.2, -0.15) is 0 Å². The van der Waals surface area contributed by atoms with E-state index in [0.29, 0.717) is 20.0 Å². The second kappa shape index (κ2) is 6.29. The van der Waals surface area contributed by atoms with E-state index >= 15 is 0 Å². The number of methoxy groups -OCH3 is 1. The molecule has 0 aromatic heterocycles.